The molecule has 1 N–H and O–H groups in total. The van der Waals surface area contributed by atoms with Gasteiger partial charge in [0.2, 0.25) is 0 Å². The fraction of sp³-hybridized carbons (Fsp3) is 0.854. The number of rotatable bonds is 75. The Morgan fingerprint density at radius 3 is 0.870 bits per heavy atom. The summed E-state index contributed by atoms with van der Waals surface area (Å²) in [5.41, 5.74) is 0. The minimum absolute atomic E-state index is 0.0335. The zero-order chi connectivity index (χ0) is 66.9. The second-order valence-electron chi connectivity index (χ2n) is 28.4. The fourth-order valence-electron chi connectivity index (χ4n) is 11.9. The molecule has 0 saturated heterocycles. The van der Waals surface area contributed by atoms with Gasteiger partial charge in [-0.25, -0.2) is 4.57 Å². The van der Waals surface area contributed by atoms with Crippen molar-refractivity contribution >= 4 is 19.8 Å². The average Bonchev–Trinajstić information content (AvgIpc) is 2.23. The van der Waals surface area contributed by atoms with Crippen LogP contribution in [0.3, 0.4) is 0 Å². The second-order valence-corrected chi connectivity index (χ2v) is 29.9. The van der Waals surface area contributed by atoms with Crippen molar-refractivity contribution in [3.8, 4) is 0 Å². The van der Waals surface area contributed by atoms with Gasteiger partial charge in [-0.05, 0) is 83.5 Å². The Morgan fingerprint density at radius 2 is 0.587 bits per heavy atom. The number of hydrogen-bond donors (Lipinski definition) is 1. The quantitative estimate of drug-likeness (QED) is 0.0211. The number of nitrogens with zero attached hydrogens (tertiary/aromatic N) is 1. The SMILES string of the molecule is CCCCCCC/C=C\C/C=C\C/C=C\CCCCCCCCCCCCCCCCCCCCC(=O)OC(COC(=O)CCCCCCCCCCCCCCCCCCCCCCCCC/C=C\C/C=C\CCCCCCC)COP(=O)(O)OCC[N+](C)(C)C. The minimum atomic E-state index is -4.39. The van der Waals surface area contributed by atoms with Gasteiger partial charge >= 0.3 is 19.8 Å². The summed E-state index contributed by atoms with van der Waals surface area (Å²) in [5, 5.41) is 0. The molecule has 0 radical (unpaired) electrons. The molecular weight excluding hydrogens is 1160 g/mol. The van der Waals surface area contributed by atoms with E-state index in [1.165, 1.54) is 315 Å². The van der Waals surface area contributed by atoms with E-state index in [0.29, 0.717) is 23.9 Å². The molecule has 0 aromatic rings. The molecule has 0 aromatic carbocycles. The number of quaternary nitrogens is 1. The van der Waals surface area contributed by atoms with Gasteiger partial charge < -0.3 is 18.9 Å². The fourth-order valence-corrected chi connectivity index (χ4v) is 12.6. The Hall–Kier alpha value is -2.29. The molecule has 10 heteroatoms. The molecule has 0 aliphatic carbocycles. The molecular formula is C82H155NO8P+. The molecule has 2 unspecified atom stereocenters. The predicted molar refractivity (Wildman–Crippen MR) is 400 cm³/mol. The van der Waals surface area contributed by atoms with E-state index >= 15 is 0 Å². The summed E-state index contributed by atoms with van der Waals surface area (Å²) in [6, 6.07) is 0. The smallest absolute Gasteiger partial charge is 0.462 e. The van der Waals surface area contributed by atoms with Gasteiger partial charge in [0.25, 0.3) is 0 Å². The molecule has 0 fully saturated rings. The number of carbonyl (C=O) groups is 2. The van der Waals surface area contributed by atoms with E-state index < -0.39 is 26.5 Å². The number of phosphoric ester groups is 1. The summed E-state index contributed by atoms with van der Waals surface area (Å²) in [4.78, 5) is 36.0. The first-order valence-corrected chi connectivity index (χ1v) is 41.5. The molecule has 9 nitrogen and oxygen atoms in total. The maximum atomic E-state index is 12.9. The van der Waals surface area contributed by atoms with E-state index in [-0.39, 0.29) is 25.6 Å². The summed E-state index contributed by atoms with van der Waals surface area (Å²) in [7, 11) is 1.50. The van der Waals surface area contributed by atoms with Gasteiger partial charge in [-0.15, -0.1) is 0 Å². The van der Waals surface area contributed by atoms with Crippen LogP contribution >= 0.6 is 7.82 Å². The Labute approximate surface area is 572 Å². The number of unbranched alkanes of at least 4 members (excludes halogenated alkanes) is 51. The van der Waals surface area contributed by atoms with Gasteiger partial charge in [0.1, 0.15) is 19.8 Å². The normalized spacial score (nSPS) is 13.3. The number of carbonyl (C=O) groups excluding carboxylic acids is 2. The highest BCUT2D eigenvalue weighted by atomic mass is 31.2. The maximum Gasteiger partial charge on any atom is 0.472 e. The lowest BCUT2D eigenvalue weighted by molar-refractivity contribution is -0.870. The van der Waals surface area contributed by atoms with Crippen molar-refractivity contribution < 1.29 is 42.1 Å². The van der Waals surface area contributed by atoms with E-state index in [1.54, 1.807) is 0 Å². The molecule has 0 heterocycles. The van der Waals surface area contributed by atoms with Crippen LogP contribution in [-0.2, 0) is 32.7 Å². The van der Waals surface area contributed by atoms with Crippen LogP contribution in [0.25, 0.3) is 0 Å². The number of ether oxygens (including phenoxy) is 2. The molecule has 0 rings (SSSR count). The zero-order valence-electron chi connectivity index (χ0n) is 61.8. The van der Waals surface area contributed by atoms with Crippen LogP contribution in [0, 0.1) is 0 Å². The zero-order valence-corrected chi connectivity index (χ0v) is 62.7. The highest BCUT2D eigenvalue weighted by molar-refractivity contribution is 7.47. The lowest BCUT2D eigenvalue weighted by Gasteiger charge is -2.24. The summed E-state index contributed by atoms with van der Waals surface area (Å²) >= 11 is 0. The van der Waals surface area contributed by atoms with Gasteiger partial charge in [-0.3, -0.25) is 18.6 Å². The lowest BCUT2D eigenvalue weighted by Crippen LogP contribution is -2.37. The van der Waals surface area contributed by atoms with E-state index in [1.807, 2.05) is 21.1 Å². The number of likely N-dealkylation sites (N-methyl/N-ethyl adjacent to an activating group) is 1. The first-order valence-electron chi connectivity index (χ1n) is 40.0. The van der Waals surface area contributed by atoms with E-state index in [9.17, 15) is 19.0 Å². The standard InChI is InChI=1S/C82H154NO8P/c1-6-8-10-12-14-16-18-20-22-24-26-28-30-32-34-36-38-40-41-43-44-46-48-50-52-54-56-58-60-62-64-66-68-70-72-74-81(84)88-78-80(79-90-92(86,87)89-77-76-83(3,4)5)91-82(85)75-73-71-69-67-65-63-61-59-57-55-53-51-49-47-45-42-39-37-35-33-31-29-27-25-23-21-19-17-15-13-11-9-7-2/h18-21,24-27,31,33,80H,6-17,22-23,28-30,32,34-79H2,1-5H3/p+1/b20-18-,21-19-,26-24-,27-25-,33-31-. The van der Waals surface area contributed by atoms with Gasteiger partial charge in [-0.1, -0.05) is 364 Å². The van der Waals surface area contributed by atoms with Crippen LogP contribution in [0.2, 0.25) is 0 Å². The summed E-state index contributed by atoms with van der Waals surface area (Å²) < 4.78 is 34.8. The van der Waals surface area contributed by atoms with Crippen LogP contribution in [0.5, 0.6) is 0 Å². The first kappa shape index (κ1) is 89.7. The van der Waals surface area contributed by atoms with Crippen LogP contribution in [-0.4, -0.2) is 74.9 Å². The van der Waals surface area contributed by atoms with Crippen molar-refractivity contribution in [3.63, 3.8) is 0 Å². The number of phosphoric acid groups is 1. The van der Waals surface area contributed by atoms with Crippen LogP contribution in [0.1, 0.15) is 399 Å². The largest absolute Gasteiger partial charge is 0.472 e. The van der Waals surface area contributed by atoms with Crippen molar-refractivity contribution in [2.75, 3.05) is 47.5 Å². The molecule has 540 valence electrons. The first-order chi connectivity index (χ1) is 45.0. The highest BCUT2D eigenvalue weighted by Gasteiger charge is 2.27. The monoisotopic (exact) mass is 1310 g/mol. The van der Waals surface area contributed by atoms with Gasteiger partial charge in [-0.2, -0.15) is 0 Å². The van der Waals surface area contributed by atoms with E-state index in [4.69, 9.17) is 18.5 Å². The van der Waals surface area contributed by atoms with Crippen molar-refractivity contribution in [2.24, 2.45) is 0 Å². The molecule has 0 aromatic heterocycles. The van der Waals surface area contributed by atoms with Crippen molar-refractivity contribution in [1.29, 1.82) is 0 Å². The van der Waals surface area contributed by atoms with Crippen molar-refractivity contribution in [3.05, 3.63) is 60.8 Å². The third-order valence-corrected chi connectivity index (χ3v) is 19.0. The summed E-state index contributed by atoms with van der Waals surface area (Å²) in [6.07, 6.45) is 98.0. The molecule has 92 heavy (non-hydrogen) atoms. The van der Waals surface area contributed by atoms with Gasteiger partial charge in [0.15, 0.2) is 6.10 Å². The van der Waals surface area contributed by atoms with Crippen molar-refractivity contribution in [2.45, 2.75) is 405 Å². The lowest BCUT2D eigenvalue weighted by atomic mass is 10.0. The predicted octanol–water partition coefficient (Wildman–Crippen LogP) is 26.5. The maximum absolute atomic E-state index is 12.9. The van der Waals surface area contributed by atoms with Crippen LogP contribution in [0.15, 0.2) is 60.8 Å². The second kappa shape index (κ2) is 73.0. The number of hydrogen-bond acceptors (Lipinski definition) is 7. The summed E-state index contributed by atoms with van der Waals surface area (Å²) in [6.45, 7) is 4.48. The highest BCUT2D eigenvalue weighted by Crippen LogP contribution is 2.43. The topological polar surface area (TPSA) is 108 Å². The van der Waals surface area contributed by atoms with Crippen LogP contribution < -0.4 is 0 Å². The Balaban J connectivity index is 3.93. The third kappa shape index (κ3) is 76.7. The Bertz CT molecular complexity index is 1740. The molecule has 0 bridgehead atoms. The Morgan fingerprint density at radius 1 is 0.337 bits per heavy atom. The molecule has 0 aliphatic rings. The number of esters is 2. The number of allylic oxidation sites excluding steroid dienone is 10. The average molecular weight is 1310 g/mol. The van der Waals surface area contributed by atoms with Crippen molar-refractivity contribution in [1.82, 2.24) is 0 Å². The van der Waals surface area contributed by atoms with E-state index in [0.717, 1.165) is 51.4 Å². The summed E-state index contributed by atoms with van der Waals surface area (Å²) in [5.74, 6) is -0.775. The molecule has 0 saturated carbocycles. The Kier molecular flexibility index (Phi) is 71.2. The molecule has 0 amide bonds. The van der Waals surface area contributed by atoms with Gasteiger partial charge in [0, 0.05) is 12.8 Å². The van der Waals surface area contributed by atoms with E-state index in [2.05, 4.69) is 74.6 Å². The van der Waals surface area contributed by atoms with Gasteiger partial charge in [0.05, 0.1) is 27.7 Å². The minimum Gasteiger partial charge on any atom is -0.462 e. The molecule has 2 atom stereocenters. The van der Waals surface area contributed by atoms with Crippen LogP contribution in [0.4, 0.5) is 0 Å². The molecule has 0 spiro atoms. The third-order valence-electron chi connectivity index (χ3n) is 18.0. The molecule has 0 aliphatic heterocycles.